The van der Waals surface area contributed by atoms with Gasteiger partial charge in [0.1, 0.15) is 0 Å². The summed E-state index contributed by atoms with van der Waals surface area (Å²) in [6.45, 7) is 3.93. The van der Waals surface area contributed by atoms with Gasteiger partial charge in [-0.15, -0.1) is 0 Å². The standard InChI is InChI=1S/C8H12O3/c1-8(2)4-3-6(9)11-7(10)5-8/h3-5H2,1-2H3. The summed E-state index contributed by atoms with van der Waals surface area (Å²) in [5.41, 5.74) is -0.0801. The lowest BCUT2D eigenvalue weighted by atomic mass is 9.85. The zero-order valence-corrected chi connectivity index (χ0v) is 6.85. The van der Waals surface area contributed by atoms with Crippen molar-refractivity contribution < 1.29 is 14.3 Å². The molecule has 1 saturated heterocycles. The van der Waals surface area contributed by atoms with E-state index < -0.39 is 5.97 Å². The molecule has 3 nitrogen and oxygen atoms in total. The van der Waals surface area contributed by atoms with Crippen LogP contribution in [0.5, 0.6) is 0 Å². The third kappa shape index (κ3) is 2.33. The van der Waals surface area contributed by atoms with Crippen molar-refractivity contribution in [2.45, 2.75) is 33.1 Å². The number of hydrogen-bond acceptors (Lipinski definition) is 3. The van der Waals surface area contributed by atoms with E-state index in [1.54, 1.807) is 0 Å². The maximum atomic E-state index is 10.9. The van der Waals surface area contributed by atoms with E-state index in [0.717, 1.165) is 6.42 Å². The Labute approximate surface area is 65.7 Å². The second-order valence-corrected chi connectivity index (χ2v) is 3.69. The lowest BCUT2D eigenvalue weighted by Gasteiger charge is -2.18. The van der Waals surface area contributed by atoms with E-state index in [-0.39, 0.29) is 11.4 Å². The van der Waals surface area contributed by atoms with Crippen LogP contribution in [0.15, 0.2) is 0 Å². The predicted octanol–water partition coefficient (Wildman–Crippen LogP) is 1.27. The van der Waals surface area contributed by atoms with Crippen LogP contribution >= 0.6 is 0 Å². The Morgan fingerprint density at radius 3 is 2.55 bits per heavy atom. The van der Waals surface area contributed by atoms with Gasteiger partial charge in [0.25, 0.3) is 0 Å². The molecule has 0 unspecified atom stereocenters. The summed E-state index contributed by atoms with van der Waals surface area (Å²) in [6, 6.07) is 0. The number of carbonyl (C=O) groups excluding carboxylic acids is 2. The fraction of sp³-hybridized carbons (Fsp3) is 0.750. The van der Waals surface area contributed by atoms with Crippen molar-refractivity contribution in [3.05, 3.63) is 0 Å². The molecule has 0 aromatic carbocycles. The molecular weight excluding hydrogens is 144 g/mol. The van der Waals surface area contributed by atoms with E-state index in [9.17, 15) is 9.59 Å². The van der Waals surface area contributed by atoms with Crippen LogP contribution in [-0.2, 0) is 14.3 Å². The Bertz CT molecular complexity index is 194. The van der Waals surface area contributed by atoms with Gasteiger partial charge in [0.15, 0.2) is 0 Å². The largest absolute Gasteiger partial charge is 0.393 e. The second-order valence-electron chi connectivity index (χ2n) is 3.69. The van der Waals surface area contributed by atoms with Gasteiger partial charge in [-0.05, 0) is 11.8 Å². The van der Waals surface area contributed by atoms with Crippen LogP contribution in [-0.4, -0.2) is 11.9 Å². The second kappa shape index (κ2) is 2.64. The summed E-state index contributed by atoms with van der Waals surface area (Å²) in [7, 11) is 0. The molecule has 0 bridgehead atoms. The first-order chi connectivity index (χ1) is 4.99. The molecule has 1 rings (SSSR count). The molecule has 0 atom stereocenters. The van der Waals surface area contributed by atoms with Crippen molar-refractivity contribution in [3.8, 4) is 0 Å². The van der Waals surface area contributed by atoms with Crippen molar-refractivity contribution in [1.29, 1.82) is 0 Å². The molecule has 0 N–H and O–H groups in total. The van der Waals surface area contributed by atoms with Crippen molar-refractivity contribution in [2.24, 2.45) is 5.41 Å². The molecule has 0 saturated carbocycles. The summed E-state index contributed by atoms with van der Waals surface area (Å²) < 4.78 is 4.47. The molecular formula is C8H12O3. The van der Waals surface area contributed by atoms with E-state index in [4.69, 9.17) is 0 Å². The minimum Gasteiger partial charge on any atom is -0.393 e. The maximum absolute atomic E-state index is 10.9. The summed E-state index contributed by atoms with van der Waals surface area (Å²) in [5.74, 6) is -0.780. The van der Waals surface area contributed by atoms with Crippen LogP contribution in [0, 0.1) is 5.41 Å². The molecule has 3 heteroatoms. The number of rotatable bonds is 0. The Morgan fingerprint density at radius 2 is 1.91 bits per heavy atom. The van der Waals surface area contributed by atoms with E-state index in [2.05, 4.69) is 4.74 Å². The molecule has 11 heavy (non-hydrogen) atoms. The average molecular weight is 156 g/mol. The first-order valence-corrected chi connectivity index (χ1v) is 3.73. The molecule has 1 fully saturated rings. The van der Waals surface area contributed by atoms with Gasteiger partial charge in [-0.2, -0.15) is 0 Å². The number of cyclic esters (lactones) is 2. The Hall–Kier alpha value is -0.860. The first kappa shape index (κ1) is 8.24. The van der Waals surface area contributed by atoms with E-state index >= 15 is 0 Å². The lowest BCUT2D eigenvalue weighted by Crippen LogP contribution is -2.14. The van der Waals surface area contributed by atoms with Crippen LogP contribution < -0.4 is 0 Å². The minimum absolute atomic E-state index is 0.0801. The maximum Gasteiger partial charge on any atom is 0.313 e. The highest BCUT2D eigenvalue weighted by Gasteiger charge is 2.29. The molecule has 0 aromatic heterocycles. The Morgan fingerprint density at radius 1 is 1.27 bits per heavy atom. The zero-order chi connectivity index (χ0) is 8.48. The average Bonchev–Trinajstić information content (AvgIpc) is 1.90. The Balaban J connectivity index is 2.68. The highest BCUT2D eigenvalue weighted by molar-refractivity contribution is 5.86. The van der Waals surface area contributed by atoms with Crippen LogP contribution in [0.3, 0.4) is 0 Å². The number of esters is 2. The van der Waals surface area contributed by atoms with Gasteiger partial charge in [-0.1, -0.05) is 13.8 Å². The summed E-state index contributed by atoms with van der Waals surface area (Å²) >= 11 is 0. The van der Waals surface area contributed by atoms with Crippen LogP contribution in [0.4, 0.5) is 0 Å². The Kier molecular flexibility index (Phi) is 1.98. The fourth-order valence-corrected chi connectivity index (χ4v) is 1.13. The third-order valence-corrected chi connectivity index (χ3v) is 1.86. The molecule has 1 heterocycles. The molecule has 1 aliphatic rings. The molecule has 0 aromatic rings. The summed E-state index contributed by atoms with van der Waals surface area (Å²) in [5, 5.41) is 0. The third-order valence-electron chi connectivity index (χ3n) is 1.86. The molecule has 1 aliphatic heterocycles. The fourth-order valence-electron chi connectivity index (χ4n) is 1.13. The van der Waals surface area contributed by atoms with E-state index in [1.165, 1.54) is 0 Å². The van der Waals surface area contributed by atoms with E-state index in [0.29, 0.717) is 12.8 Å². The predicted molar refractivity (Wildman–Crippen MR) is 38.7 cm³/mol. The van der Waals surface area contributed by atoms with Crippen LogP contribution in [0.25, 0.3) is 0 Å². The van der Waals surface area contributed by atoms with Gasteiger partial charge in [-0.3, -0.25) is 9.59 Å². The van der Waals surface area contributed by atoms with Gasteiger partial charge in [0.05, 0.1) is 6.42 Å². The van der Waals surface area contributed by atoms with Crippen molar-refractivity contribution in [1.82, 2.24) is 0 Å². The zero-order valence-electron chi connectivity index (χ0n) is 6.85. The highest BCUT2D eigenvalue weighted by atomic mass is 16.6. The number of ether oxygens (including phenoxy) is 1. The van der Waals surface area contributed by atoms with Crippen molar-refractivity contribution in [3.63, 3.8) is 0 Å². The van der Waals surface area contributed by atoms with Crippen molar-refractivity contribution in [2.75, 3.05) is 0 Å². The molecule has 62 valence electrons. The quantitative estimate of drug-likeness (QED) is 0.392. The smallest absolute Gasteiger partial charge is 0.313 e. The molecule has 0 spiro atoms. The lowest BCUT2D eigenvalue weighted by molar-refractivity contribution is -0.158. The molecule has 0 radical (unpaired) electrons. The number of carbonyl (C=O) groups is 2. The highest BCUT2D eigenvalue weighted by Crippen LogP contribution is 2.29. The van der Waals surface area contributed by atoms with Crippen LogP contribution in [0.2, 0.25) is 0 Å². The summed E-state index contributed by atoms with van der Waals surface area (Å²) in [4.78, 5) is 21.6. The van der Waals surface area contributed by atoms with Gasteiger partial charge < -0.3 is 4.74 Å². The molecule has 0 aliphatic carbocycles. The summed E-state index contributed by atoms with van der Waals surface area (Å²) in [6.07, 6.45) is 1.44. The van der Waals surface area contributed by atoms with Crippen LogP contribution in [0.1, 0.15) is 33.1 Å². The normalized spacial score (nSPS) is 24.2. The van der Waals surface area contributed by atoms with Gasteiger partial charge in [0, 0.05) is 6.42 Å². The topological polar surface area (TPSA) is 43.4 Å². The van der Waals surface area contributed by atoms with Gasteiger partial charge >= 0.3 is 11.9 Å². The monoisotopic (exact) mass is 156 g/mol. The van der Waals surface area contributed by atoms with Gasteiger partial charge in [-0.25, -0.2) is 0 Å². The minimum atomic E-state index is -0.391. The van der Waals surface area contributed by atoms with Gasteiger partial charge in [0.2, 0.25) is 0 Å². The van der Waals surface area contributed by atoms with E-state index in [1.807, 2.05) is 13.8 Å². The SMILES string of the molecule is CC1(C)CCC(=O)OC(=O)C1. The van der Waals surface area contributed by atoms with Crippen molar-refractivity contribution >= 4 is 11.9 Å². The first-order valence-electron chi connectivity index (χ1n) is 3.73. The number of hydrogen-bond donors (Lipinski definition) is 0. The molecule has 0 amide bonds.